The number of anilines is 1. The molecule has 10 heteroatoms. The molecule has 8 nitrogen and oxygen atoms in total. The molecule has 2 aliphatic heterocycles. The van der Waals surface area contributed by atoms with E-state index in [1.54, 1.807) is 13.2 Å². The van der Waals surface area contributed by atoms with Crippen molar-refractivity contribution in [3.8, 4) is 5.88 Å². The van der Waals surface area contributed by atoms with Crippen LogP contribution >= 0.6 is 11.8 Å². The average molecular weight is 481 g/mol. The molecule has 176 valence electrons. The zero-order chi connectivity index (χ0) is 23.2. The lowest BCUT2D eigenvalue weighted by atomic mass is 10.1. The lowest BCUT2D eigenvalue weighted by Gasteiger charge is -2.20. The highest BCUT2D eigenvalue weighted by Gasteiger charge is 2.55. The Morgan fingerprint density at radius 3 is 2.91 bits per heavy atom. The predicted molar refractivity (Wildman–Crippen MR) is 127 cm³/mol. The van der Waals surface area contributed by atoms with Gasteiger partial charge in [-0.1, -0.05) is 0 Å². The van der Waals surface area contributed by atoms with Gasteiger partial charge >= 0.3 is 0 Å². The van der Waals surface area contributed by atoms with E-state index in [1.165, 1.54) is 18.0 Å². The van der Waals surface area contributed by atoms with Gasteiger partial charge in [0.05, 0.1) is 40.7 Å². The lowest BCUT2D eigenvalue weighted by molar-refractivity contribution is -0.113. The zero-order valence-electron chi connectivity index (χ0n) is 18.8. The van der Waals surface area contributed by atoms with Crippen molar-refractivity contribution < 1.29 is 13.9 Å². The van der Waals surface area contributed by atoms with Gasteiger partial charge in [-0.05, 0) is 36.5 Å². The minimum Gasteiger partial charge on any atom is -0.481 e. The first-order chi connectivity index (χ1) is 16.6. The maximum Gasteiger partial charge on any atom is 0.235 e. The van der Waals surface area contributed by atoms with Crippen LogP contribution in [0.2, 0.25) is 0 Å². The van der Waals surface area contributed by atoms with E-state index < -0.39 is 0 Å². The summed E-state index contributed by atoms with van der Waals surface area (Å²) in [6, 6.07) is 8.10. The van der Waals surface area contributed by atoms with Crippen molar-refractivity contribution in [2.75, 3.05) is 37.8 Å². The molecule has 1 amide bonds. The number of halogens is 1. The molecule has 3 atom stereocenters. The van der Waals surface area contributed by atoms with Gasteiger partial charge in [0.25, 0.3) is 0 Å². The Hall–Kier alpha value is -2.82. The molecule has 0 aromatic carbocycles. The van der Waals surface area contributed by atoms with Gasteiger partial charge in [-0.15, -0.1) is 11.8 Å². The molecule has 0 radical (unpaired) electrons. The van der Waals surface area contributed by atoms with E-state index in [0.29, 0.717) is 64.9 Å². The second-order valence-electron chi connectivity index (χ2n) is 9.04. The Morgan fingerprint density at radius 1 is 1.24 bits per heavy atom. The normalized spacial score (nSPS) is 23.5. The van der Waals surface area contributed by atoms with Crippen molar-refractivity contribution in [3.05, 3.63) is 47.5 Å². The van der Waals surface area contributed by atoms with Crippen LogP contribution in [0.5, 0.6) is 5.88 Å². The molecule has 0 unspecified atom stereocenters. The van der Waals surface area contributed by atoms with Gasteiger partial charge in [0.15, 0.2) is 0 Å². The number of rotatable bonds is 7. The minimum atomic E-state index is -0.315. The molecule has 1 saturated carbocycles. The number of hydrogen-bond acceptors (Lipinski definition) is 8. The first kappa shape index (κ1) is 21.7. The number of methoxy groups -OCH3 is 1. The first-order valence-electron chi connectivity index (χ1n) is 11.5. The molecular formula is C24H25FN6O2S. The molecular weight excluding hydrogens is 455 g/mol. The minimum absolute atomic E-state index is 0.00138. The Kier molecular flexibility index (Phi) is 5.59. The summed E-state index contributed by atoms with van der Waals surface area (Å²) in [4.78, 5) is 28.2. The highest BCUT2D eigenvalue weighted by atomic mass is 32.2. The van der Waals surface area contributed by atoms with Crippen LogP contribution in [0.15, 0.2) is 35.4 Å². The number of pyridine rings is 3. The number of nitrogens with zero attached hydrogens (tertiary/aromatic N) is 4. The van der Waals surface area contributed by atoms with Crippen molar-refractivity contribution in [1.29, 1.82) is 0 Å². The number of likely N-dealkylation sites (tertiary alicyclic amines) is 1. The maximum absolute atomic E-state index is 14.6. The van der Waals surface area contributed by atoms with Crippen molar-refractivity contribution >= 4 is 34.5 Å². The molecule has 34 heavy (non-hydrogen) atoms. The van der Waals surface area contributed by atoms with Crippen LogP contribution in [0, 0.1) is 17.7 Å². The quantitative estimate of drug-likeness (QED) is 0.533. The summed E-state index contributed by atoms with van der Waals surface area (Å²) in [6.45, 7) is 3.49. The van der Waals surface area contributed by atoms with E-state index in [4.69, 9.17) is 4.74 Å². The SMILES string of the molecule is COc1ccc2ncc(F)c(CCN3C[C@@H]4[C@H](C3)[C@H]4NCc3ccc4c(n3)NC(=O)CS4)c2n1. The fourth-order valence-corrected chi connectivity index (χ4v) is 5.88. The van der Waals surface area contributed by atoms with Crippen LogP contribution in [0.3, 0.4) is 0 Å². The highest BCUT2D eigenvalue weighted by molar-refractivity contribution is 8.00. The molecule has 2 fully saturated rings. The summed E-state index contributed by atoms with van der Waals surface area (Å²) in [6.07, 6.45) is 1.87. The van der Waals surface area contributed by atoms with Crippen LogP contribution in [0.4, 0.5) is 10.2 Å². The van der Waals surface area contributed by atoms with Gasteiger partial charge in [0.2, 0.25) is 11.8 Å². The van der Waals surface area contributed by atoms with Crippen molar-refractivity contribution in [3.63, 3.8) is 0 Å². The number of fused-ring (bicyclic) bond motifs is 3. The van der Waals surface area contributed by atoms with E-state index in [2.05, 4.69) is 30.5 Å². The number of piperidine rings is 1. The number of nitrogens with one attached hydrogen (secondary N) is 2. The van der Waals surface area contributed by atoms with Crippen LogP contribution in [0.25, 0.3) is 11.0 Å². The zero-order valence-corrected chi connectivity index (χ0v) is 19.6. The average Bonchev–Trinajstić information content (AvgIpc) is 3.30. The fraction of sp³-hybridized carbons (Fsp3) is 0.417. The van der Waals surface area contributed by atoms with Gasteiger partial charge in [0, 0.05) is 43.9 Å². The van der Waals surface area contributed by atoms with E-state index in [-0.39, 0.29) is 11.7 Å². The molecule has 3 aromatic heterocycles. The molecule has 5 heterocycles. The van der Waals surface area contributed by atoms with Crippen LogP contribution < -0.4 is 15.4 Å². The van der Waals surface area contributed by atoms with Crippen LogP contribution in [0.1, 0.15) is 11.3 Å². The second-order valence-corrected chi connectivity index (χ2v) is 10.1. The molecule has 3 aliphatic rings. The summed E-state index contributed by atoms with van der Waals surface area (Å²) >= 11 is 1.52. The molecule has 1 saturated heterocycles. The predicted octanol–water partition coefficient (Wildman–Crippen LogP) is 2.48. The summed E-state index contributed by atoms with van der Waals surface area (Å²) in [5.41, 5.74) is 2.80. The Morgan fingerprint density at radius 2 is 2.09 bits per heavy atom. The number of aromatic nitrogens is 3. The number of hydrogen-bond donors (Lipinski definition) is 2. The molecule has 0 bridgehead atoms. The smallest absolute Gasteiger partial charge is 0.235 e. The van der Waals surface area contributed by atoms with Crippen LogP contribution in [-0.4, -0.2) is 64.3 Å². The number of carbonyl (C=O) groups is 1. The first-order valence-corrected chi connectivity index (χ1v) is 12.4. The highest BCUT2D eigenvalue weighted by Crippen LogP contribution is 2.45. The van der Waals surface area contributed by atoms with E-state index in [9.17, 15) is 9.18 Å². The summed E-state index contributed by atoms with van der Waals surface area (Å²) in [7, 11) is 1.56. The second kappa shape index (κ2) is 8.75. The molecule has 0 spiro atoms. The van der Waals surface area contributed by atoms with Crippen LogP contribution in [-0.2, 0) is 17.8 Å². The summed E-state index contributed by atoms with van der Waals surface area (Å²) in [5, 5.41) is 6.48. The Labute approximate surface area is 200 Å². The van der Waals surface area contributed by atoms with Gasteiger partial charge < -0.3 is 20.3 Å². The fourth-order valence-electron chi connectivity index (χ4n) is 5.12. The third kappa shape index (κ3) is 4.10. The topological polar surface area (TPSA) is 92.3 Å². The molecule has 6 rings (SSSR count). The van der Waals surface area contributed by atoms with Gasteiger partial charge in [0.1, 0.15) is 11.6 Å². The number of amides is 1. The summed E-state index contributed by atoms with van der Waals surface area (Å²) in [5.74, 6) is 2.50. The number of thioether (sulfide) groups is 1. The third-order valence-corrected chi connectivity index (χ3v) is 7.99. The number of carbonyl (C=O) groups excluding carboxylic acids is 1. The standard InChI is InChI=1S/C24H25FN6O2S/c1-33-21-5-3-18-23(30-21)14(17(25)9-26-18)6-7-31-10-15-16(11-31)22(15)27-8-13-2-4-19-24(28-13)29-20(32)12-34-19/h2-5,9,15-16,22,27H,6-8,10-12H2,1H3,(H,28,29,32)/t15-,16+,22+. The largest absolute Gasteiger partial charge is 0.481 e. The lowest BCUT2D eigenvalue weighted by Crippen LogP contribution is -2.32. The molecule has 3 aromatic rings. The third-order valence-electron chi connectivity index (χ3n) is 6.95. The molecule has 2 N–H and O–H groups in total. The Balaban J connectivity index is 1.03. The van der Waals surface area contributed by atoms with Crippen molar-refractivity contribution in [1.82, 2.24) is 25.2 Å². The maximum atomic E-state index is 14.6. The van der Waals surface area contributed by atoms with Gasteiger partial charge in [-0.3, -0.25) is 9.78 Å². The van der Waals surface area contributed by atoms with E-state index in [1.807, 2.05) is 18.2 Å². The van der Waals surface area contributed by atoms with E-state index >= 15 is 0 Å². The monoisotopic (exact) mass is 480 g/mol. The Bertz CT molecular complexity index is 1260. The van der Waals surface area contributed by atoms with Crippen molar-refractivity contribution in [2.24, 2.45) is 11.8 Å². The number of ether oxygens (including phenoxy) is 1. The molecule has 1 aliphatic carbocycles. The van der Waals surface area contributed by atoms with Gasteiger partial charge in [-0.2, -0.15) is 0 Å². The van der Waals surface area contributed by atoms with Crippen molar-refractivity contribution in [2.45, 2.75) is 23.9 Å². The summed E-state index contributed by atoms with van der Waals surface area (Å²) < 4.78 is 19.8. The van der Waals surface area contributed by atoms with Gasteiger partial charge in [-0.25, -0.2) is 14.4 Å². The van der Waals surface area contributed by atoms with E-state index in [0.717, 1.165) is 30.2 Å².